The predicted octanol–water partition coefficient (Wildman–Crippen LogP) is 3.75. The summed E-state index contributed by atoms with van der Waals surface area (Å²) in [5, 5.41) is 12.3. The number of anilines is 2. The first-order valence-corrected chi connectivity index (χ1v) is 5.74. The number of nitrogens with one attached hydrogen (secondary N) is 1. The fourth-order valence-electron chi connectivity index (χ4n) is 1.85. The van der Waals surface area contributed by atoms with E-state index in [1.165, 1.54) is 0 Å². The zero-order valence-electron chi connectivity index (χ0n) is 10.4. The summed E-state index contributed by atoms with van der Waals surface area (Å²) in [6.45, 7) is 3.83. The molecule has 3 heteroatoms. The van der Waals surface area contributed by atoms with Crippen molar-refractivity contribution in [2.24, 2.45) is 0 Å². The molecule has 0 aliphatic carbocycles. The molecule has 3 nitrogen and oxygen atoms in total. The summed E-state index contributed by atoms with van der Waals surface area (Å²) < 4.78 is 0. The van der Waals surface area contributed by atoms with Gasteiger partial charge >= 0.3 is 5.97 Å². The van der Waals surface area contributed by atoms with Crippen LogP contribution in [0.3, 0.4) is 0 Å². The van der Waals surface area contributed by atoms with Crippen LogP contribution in [0.15, 0.2) is 42.5 Å². The lowest BCUT2D eigenvalue weighted by Gasteiger charge is -2.10. The van der Waals surface area contributed by atoms with E-state index in [-0.39, 0.29) is 0 Å². The Bertz CT molecular complexity index is 591. The summed E-state index contributed by atoms with van der Waals surface area (Å²) in [6, 6.07) is 13.2. The van der Waals surface area contributed by atoms with E-state index in [0.717, 1.165) is 22.5 Å². The predicted molar refractivity (Wildman–Crippen MR) is 72.6 cm³/mol. The van der Waals surface area contributed by atoms with E-state index in [4.69, 9.17) is 5.11 Å². The van der Waals surface area contributed by atoms with Crippen LogP contribution in [0, 0.1) is 13.8 Å². The first-order valence-electron chi connectivity index (χ1n) is 5.74. The molecule has 0 saturated carbocycles. The van der Waals surface area contributed by atoms with E-state index >= 15 is 0 Å². The highest BCUT2D eigenvalue weighted by Crippen LogP contribution is 2.22. The van der Waals surface area contributed by atoms with Crippen molar-refractivity contribution < 1.29 is 9.90 Å². The second-order valence-corrected chi connectivity index (χ2v) is 4.27. The number of hydrogen-bond donors (Lipinski definition) is 2. The van der Waals surface area contributed by atoms with E-state index in [1.807, 2.05) is 37.3 Å². The maximum Gasteiger partial charge on any atom is 0.335 e. The summed E-state index contributed by atoms with van der Waals surface area (Å²) >= 11 is 0. The fraction of sp³-hybridized carbons (Fsp3) is 0.133. The van der Waals surface area contributed by atoms with Gasteiger partial charge in [-0.3, -0.25) is 0 Å². The Kier molecular flexibility index (Phi) is 3.33. The van der Waals surface area contributed by atoms with Gasteiger partial charge in [-0.15, -0.1) is 0 Å². The standard InChI is InChI=1S/C15H15NO2/c1-10-5-3-4-6-14(10)16-12-7-8-13(15(17)18)11(2)9-12/h3-9,16H,1-2H3,(H,17,18). The van der Waals surface area contributed by atoms with E-state index < -0.39 is 5.97 Å². The number of aryl methyl sites for hydroxylation is 2. The van der Waals surface area contributed by atoms with Gasteiger partial charge < -0.3 is 10.4 Å². The van der Waals surface area contributed by atoms with Crippen molar-refractivity contribution in [3.8, 4) is 0 Å². The van der Waals surface area contributed by atoms with Gasteiger partial charge in [-0.05, 0) is 49.2 Å². The molecule has 0 unspecified atom stereocenters. The average Bonchev–Trinajstić information content (AvgIpc) is 2.32. The second kappa shape index (κ2) is 4.92. The summed E-state index contributed by atoms with van der Waals surface area (Å²) in [7, 11) is 0. The molecule has 2 rings (SSSR count). The van der Waals surface area contributed by atoms with Crippen molar-refractivity contribution in [3.63, 3.8) is 0 Å². The highest BCUT2D eigenvalue weighted by Gasteiger charge is 2.07. The fourth-order valence-corrected chi connectivity index (χ4v) is 1.85. The SMILES string of the molecule is Cc1ccccc1Nc1ccc(C(=O)O)c(C)c1. The van der Waals surface area contributed by atoms with Crippen molar-refractivity contribution in [3.05, 3.63) is 59.2 Å². The molecular weight excluding hydrogens is 226 g/mol. The monoisotopic (exact) mass is 241 g/mol. The van der Waals surface area contributed by atoms with Crippen LogP contribution in [0.2, 0.25) is 0 Å². The van der Waals surface area contributed by atoms with Gasteiger partial charge in [0.15, 0.2) is 0 Å². The minimum atomic E-state index is -0.894. The Labute approximate surface area is 106 Å². The Morgan fingerprint density at radius 3 is 2.39 bits per heavy atom. The molecule has 0 saturated heterocycles. The summed E-state index contributed by atoms with van der Waals surface area (Å²) in [4.78, 5) is 10.9. The highest BCUT2D eigenvalue weighted by atomic mass is 16.4. The zero-order valence-corrected chi connectivity index (χ0v) is 10.4. The number of carbonyl (C=O) groups is 1. The minimum Gasteiger partial charge on any atom is -0.478 e. The molecule has 0 radical (unpaired) electrons. The van der Waals surface area contributed by atoms with Crippen LogP contribution in [-0.4, -0.2) is 11.1 Å². The maximum atomic E-state index is 10.9. The number of rotatable bonds is 3. The molecule has 2 aromatic carbocycles. The lowest BCUT2D eigenvalue weighted by Crippen LogP contribution is -2.00. The molecule has 0 aliphatic rings. The molecule has 0 aliphatic heterocycles. The first-order chi connectivity index (χ1) is 8.58. The summed E-state index contributed by atoms with van der Waals surface area (Å²) in [5.74, 6) is -0.894. The molecule has 0 amide bonds. The van der Waals surface area contributed by atoms with Gasteiger partial charge in [0.1, 0.15) is 0 Å². The third-order valence-corrected chi connectivity index (χ3v) is 2.88. The molecule has 0 bridgehead atoms. The quantitative estimate of drug-likeness (QED) is 0.860. The lowest BCUT2D eigenvalue weighted by atomic mass is 10.1. The van der Waals surface area contributed by atoms with Gasteiger partial charge in [0.25, 0.3) is 0 Å². The Morgan fingerprint density at radius 2 is 1.78 bits per heavy atom. The number of carboxylic acid groups (broad SMARTS) is 1. The van der Waals surface area contributed by atoms with Crippen molar-refractivity contribution >= 4 is 17.3 Å². The molecular formula is C15H15NO2. The second-order valence-electron chi connectivity index (χ2n) is 4.27. The lowest BCUT2D eigenvalue weighted by molar-refractivity contribution is 0.0696. The maximum absolute atomic E-state index is 10.9. The molecule has 0 aromatic heterocycles. The topological polar surface area (TPSA) is 49.3 Å². The van der Waals surface area contributed by atoms with Crippen molar-refractivity contribution in [2.75, 3.05) is 5.32 Å². The Balaban J connectivity index is 2.29. The van der Waals surface area contributed by atoms with Crippen molar-refractivity contribution in [1.29, 1.82) is 0 Å². The largest absolute Gasteiger partial charge is 0.478 e. The van der Waals surface area contributed by atoms with Gasteiger partial charge in [0, 0.05) is 11.4 Å². The van der Waals surface area contributed by atoms with Crippen LogP contribution >= 0.6 is 0 Å². The van der Waals surface area contributed by atoms with E-state index in [9.17, 15) is 4.79 Å². The van der Waals surface area contributed by atoms with Crippen LogP contribution in [0.5, 0.6) is 0 Å². The molecule has 2 aromatic rings. The zero-order chi connectivity index (χ0) is 13.1. The van der Waals surface area contributed by atoms with Gasteiger partial charge in [0.05, 0.1) is 5.56 Å². The van der Waals surface area contributed by atoms with E-state index in [0.29, 0.717) is 5.56 Å². The number of hydrogen-bond acceptors (Lipinski definition) is 2. The molecule has 0 heterocycles. The van der Waals surface area contributed by atoms with Gasteiger partial charge in [-0.2, -0.15) is 0 Å². The van der Waals surface area contributed by atoms with Gasteiger partial charge in [-0.25, -0.2) is 4.79 Å². The number of para-hydroxylation sites is 1. The van der Waals surface area contributed by atoms with Crippen molar-refractivity contribution in [2.45, 2.75) is 13.8 Å². The molecule has 0 atom stereocenters. The number of carboxylic acids is 1. The first kappa shape index (κ1) is 12.2. The van der Waals surface area contributed by atoms with Crippen molar-refractivity contribution in [1.82, 2.24) is 0 Å². The van der Waals surface area contributed by atoms with Crippen LogP contribution < -0.4 is 5.32 Å². The molecule has 92 valence electrons. The number of benzene rings is 2. The Hall–Kier alpha value is -2.29. The van der Waals surface area contributed by atoms with Crippen LogP contribution in [0.4, 0.5) is 11.4 Å². The van der Waals surface area contributed by atoms with E-state index in [1.54, 1.807) is 19.1 Å². The third kappa shape index (κ3) is 2.51. The van der Waals surface area contributed by atoms with E-state index in [2.05, 4.69) is 5.32 Å². The van der Waals surface area contributed by atoms with Gasteiger partial charge in [-0.1, -0.05) is 18.2 Å². The van der Waals surface area contributed by atoms with Crippen LogP contribution in [0.1, 0.15) is 21.5 Å². The molecule has 18 heavy (non-hydrogen) atoms. The molecule has 2 N–H and O–H groups in total. The summed E-state index contributed by atoms with van der Waals surface area (Å²) in [6.07, 6.45) is 0. The smallest absolute Gasteiger partial charge is 0.335 e. The third-order valence-electron chi connectivity index (χ3n) is 2.88. The molecule has 0 fully saturated rings. The van der Waals surface area contributed by atoms with Crippen LogP contribution in [0.25, 0.3) is 0 Å². The Morgan fingerprint density at radius 1 is 1.06 bits per heavy atom. The minimum absolute atomic E-state index is 0.338. The highest BCUT2D eigenvalue weighted by molar-refractivity contribution is 5.90. The normalized spacial score (nSPS) is 10.1. The average molecular weight is 241 g/mol. The number of aromatic carboxylic acids is 1. The van der Waals surface area contributed by atoms with Gasteiger partial charge in [0.2, 0.25) is 0 Å². The van der Waals surface area contributed by atoms with Crippen LogP contribution in [-0.2, 0) is 0 Å². The summed E-state index contributed by atoms with van der Waals surface area (Å²) in [5.41, 5.74) is 4.16. The molecule has 0 spiro atoms.